The molecule has 0 spiro atoms. The topological polar surface area (TPSA) is 94.6 Å². The van der Waals surface area contributed by atoms with Crippen molar-refractivity contribution >= 4 is 17.5 Å². The van der Waals surface area contributed by atoms with Crippen LogP contribution in [0.1, 0.15) is 18.4 Å². The number of carbonyl (C=O) groups excluding carboxylic acids is 1. The molecule has 8 heteroatoms. The summed E-state index contributed by atoms with van der Waals surface area (Å²) >= 11 is 0. The van der Waals surface area contributed by atoms with Gasteiger partial charge in [0.25, 0.3) is 0 Å². The largest absolute Gasteiger partial charge is 0.493 e. The maximum Gasteiger partial charge on any atom is 0.229 e. The highest BCUT2D eigenvalue weighted by Crippen LogP contribution is 2.27. The van der Waals surface area contributed by atoms with E-state index >= 15 is 0 Å². The quantitative estimate of drug-likeness (QED) is 0.734. The van der Waals surface area contributed by atoms with Crippen LogP contribution in [0.3, 0.4) is 0 Å². The summed E-state index contributed by atoms with van der Waals surface area (Å²) in [6.45, 7) is 1.53. The molecule has 1 amide bonds. The van der Waals surface area contributed by atoms with E-state index in [9.17, 15) is 4.79 Å². The fourth-order valence-electron chi connectivity index (χ4n) is 2.88. The first-order valence-electron chi connectivity index (χ1n) is 8.88. The Bertz CT molecular complexity index is 761. The van der Waals surface area contributed by atoms with Crippen molar-refractivity contribution in [3.8, 4) is 11.5 Å². The number of anilines is 2. The van der Waals surface area contributed by atoms with Crippen LogP contribution in [0.15, 0.2) is 30.3 Å². The number of carbonyl (C=O) groups is 1. The highest BCUT2D eigenvalue weighted by Gasteiger charge is 2.15. The Morgan fingerprint density at radius 1 is 1.15 bits per heavy atom. The van der Waals surface area contributed by atoms with Crippen LogP contribution in [-0.2, 0) is 16.0 Å². The minimum absolute atomic E-state index is 0.184. The molecule has 1 saturated heterocycles. The molecule has 0 aliphatic carbocycles. The van der Waals surface area contributed by atoms with Gasteiger partial charge in [0.2, 0.25) is 5.91 Å². The minimum atomic E-state index is -0.184. The first-order valence-corrected chi connectivity index (χ1v) is 8.88. The molecular weight excluding hydrogens is 348 g/mol. The second-order valence-corrected chi connectivity index (χ2v) is 6.23. The summed E-state index contributed by atoms with van der Waals surface area (Å²) in [6.07, 6.45) is 2.59. The van der Waals surface area contributed by atoms with Gasteiger partial charge >= 0.3 is 0 Å². The maximum atomic E-state index is 12.2. The van der Waals surface area contributed by atoms with Gasteiger partial charge in [-0.15, -0.1) is 10.2 Å². The summed E-state index contributed by atoms with van der Waals surface area (Å²) in [5.41, 5.74) is 0.813. The van der Waals surface area contributed by atoms with Gasteiger partial charge in [-0.25, -0.2) is 0 Å². The fraction of sp³-hybridized carbons (Fsp3) is 0.421. The predicted octanol–water partition coefficient (Wildman–Crippen LogP) is 2.27. The Morgan fingerprint density at radius 2 is 1.93 bits per heavy atom. The summed E-state index contributed by atoms with van der Waals surface area (Å²) in [5.74, 6) is 2.09. The number of ether oxygens (including phenoxy) is 3. The lowest BCUT2D eigenvalue weighted by Gasteiger charge is -2.11. The Kier molecular flexibility index (Phi) is 6.43. The molecule has 1 fully saturated rings. The minimum Gasteiger partial charge on any atom is -0.493 e. The zero-order valence-electron chi connectivity index (χ0n) is 15.5. The monoisotopic (exact) mass is 372 g/mol. The van der Waals surface area contributed by atoms with Gasteiger partial charge in [-0.2, -0.15) is 0 Å². The zero-order valence-corrected chi connectivity index (χ0v) is 15.5. The van der Waals surface area contributed by atoms with Gasteiger partial charge in [-0.05, 0) is 42.7 Å². The van der Waals surface area contributed by atoms with Crippen LogP contribution in [0.2, 0.25) is 0 Å². The van der Waals surface area contributed by atoms with E-state index in [0.717, 1.165) is 25.0 Å². The van der Waals surface area contributed by atoms with Crippen molar-refractivity contribution in [3.63, 3.8) is 0 Å². The average molecular weight is 372 g/mol. The van der Waals surface area contributed by atoms with Crippen LogP contribution in [0, 0.1) is 0 Å². The molecular formula is C19H24N4O4. The van der Waals surface area contributed by atoms with E-state index in [1.54, 1.807) is 38.5 Å². The number of methoxy groups -OCH3 is 2. The molecule has 1 unspecified atom stereocenters. The molecule has 0 bridgehead atoms. The van der Waals surface area contributed by atoms with Crippen LogP contribution in [0.5, 0.6) is 11.5 Å². The smallest absolute Gasteiger partial charge is 0.229 e. The Morgan fingerprint density at radius 3 is 2.59 bits per heavy atom. The summed E-state index contributed by atoms with van der Waals surface area (Å²) in [6, 6.07) is 8.88. The van der Waals surface area contributed by atoms with E-state index in [4.69, 9.17) is 14.2 Å². The van der Waals surface area contributed by atoms with Crippen LogP contribution in [0.25, 0.3) is 0 Å². The summed E-state index contributed by atoms with van der Waals surface area (Å²) in [4.78, 5) is 12.2. The van der Waals surface area contributed by atoms with Crippen molar-refractivity contribution in [3.05, 3.63) is 35.9 Å². The van der Waals surface area contributed by atoms with E-state index < -0.39 is 0 Å². The van der Waals surface area contributed by atoms with Crippen molar-refractivity contribution in [1.82, 2.24) is 10.2 Å². The molecule has 1 aromatic carbocycles. The number of nitrogens with one attached hydrogen (secondary N) is 2. The van der Waals surface area contributed by atoms with E-state index in [2.05, 4.69) is 20.8 Å². The molecule has 1 aliphatic heterocycles. The Hall–Kier alpha value is -2.87. The van der Waals surface area contributed by atoms with Crippen molar-refractivity contribution < 1.29 is 19.0 Å². The number of hydrogen-bond acceptors (Lipinski definition) is 7. The van der Waals surface area contributed by atoms with E-state index in [-0.39, 0.29) is 18.4 Å². The lowest BCUT2D eigenvalue weighted by Crippen LogP contribution is -2.19. The zero-order chi connectivity index (χ0) is 19.1. The summed E-state index contributed by atoms with van der Waals surface area (Å²) in [5, 5.41) is 14.1. The van der Waals surface area contributed by atoms with Crippen molar-refractivity contribution in [2.45, 2.75) is 25.4 Å². The molecule has 2 aromatic rings. The third-order valence-electron chi connectivity index (χ3n) is 4.28. The second-order valence-electron chi connectivity index (χ2n) is 6.23. The normalized spacial score (nSPS) is 16.0. The molecule has 27 heavy (non-hydrogen) atoms. The van der Waals surface area contributed by atoms with Gasteiger partial charge in [0.05, 0.1) is 26.7 Å². The third kappa shape index (κ3) is 5.30. The highest BCUT2D eigenvalue weighted by atomic mass is 16.5. The maximum absolute atomic E-state index is 12.2. The van der Waals surface area contributed by atoms with Crippen LogP contribution < -0.4 is 20.1 Å². The van der Waals surface area contributed by atoms with Crippen molar-refractivity contribution in [1.29, 1.82) is 0 Å². The third-order valence-corrected chi connectivity index (χ3v) is 4.28. The predicted molar refractivity (Wildman–Crippen MR) is 101 cm³/mol. The van der Waals surface area contributed by atoms with Gasteiger partial charge in [0.15, 0.2) is 17.3 Å². The van der Waals surface area contributed by atoms with E-state index in [0.29, 0.717) is 29.7 Å². The molecule has 2 heterocycles. The molecule has 1 atom stereocenters. The summed E-state index contributed by atoms with van der Waals surface area (Å²) < 4.78 is 16.0. The van der Waals surface area contributed by atoms with Crippen LogP contribution in [-0.4, -0.2) is 49.6 Å². The van der Waals surface area contributed by atoms with Crippen molar-refractivity contribution in [2.75, 3.05) is 38.0 Å². The second kappa shape index (κ2) is 9.18. The Balaban J connectivity index is 1.51. The molecule has 1 aliphatic rings. The molecule has 144 valence electrons. The molecule has 1 aromatic heterocycles. The SMILES string of the molecule is COc1ccc(CC(=O)Nc2ccc(NCC3CCCO3)nn2)cc1OC. The van der Waals surface area contributed by atoms with E-state index in [1.165, 1.54) is 0 Å². The van der Waals surface area contributed by atoms with Crippen LogP contribution >= 0.6 is 0 Å². The Labute approximate surface area is 158 Å². The standard InChI is InChI=1S/C19H24N4O4/c1-25-15-6-5-13(10-16(15)26-2)11-19(24)21-18-8-7-17(22-23-18)20-12-14-4-3-9-27-14/h5-8,10,14H,3-4,9,11-12H2,1-2H3,(H,20,22)(H,21,23,24). The number of aromatic nitrogens is 2. The first-order chi connectivity index (χ1) is 13.2. The fourth-order valence-corrected chi connectivity index (χ4v) is 2.88. The van der Waals surface area contributed by atoms with Gasteiger partial charge in [-0.1, -0.05) is 6.07 Å². The molecule has 3 rings (SSSR count). The molecule has 2 N–H and O–H groups in total. The van der Waals surface area contributed by atoms with E-state index in [1.807, 2.05) is 6.07 Å². The van der Waals surface area contributed by atoms with Gasteiger partial charge in [-0.3, -0.25) is 4.79 Å². The molecule has 0 saturated carbocycles. The van der Waals surface area contributed by atoms with Gasteiger partial charge in [0, 0.05) is 13.2 Å². The molecule has 0 radical (unpaired) electrons. The lowest BCUT2D eigenvalue weighted by atomic mass is 10.1. The van der Waals surface area contributed by atoms with Crippen molar-refractivity contribution in [2.24, 2.45) is 0 Å². The number of amides is 1. The number of rotatable bonds is 8. The molecule has 8 nitrogen and oxygen atoms in total. The number of benzene rings is 1. The summed E-state index contributed by atoms with van der Waals surface area (Å²) in [7, 11) is 3.13. The lowest BCUT2D eigenvalue weighted by molar-refractivity contribution is -0.115. The average Bonchev–Trinajstić information content (AvgIpc) is 3.21. The number of hydrogen-bond donors (Lipinski definition) is 2. The first kappa shape index (κ1) is 18.9. The van der Waals surface area contributed by atoms with Gasteiger partial charge < -0.3 is 24.8 Å². The highest BCUT2D eigenvalue weighted by molar-refractivity contribution is 5.91. The number of nitrogens with zero attached hydrogens (tertiary/aromatic N) is 2. The van der Waals surface area contributed by atoms with Gasteiger partial charge in [0.1, 0.15) is 5.82 Å². The van der Waals surface area contributed by atoms with Crippen LogP contribution in [0.4, 0.5) is 11.6 Å².